The van der Waals surface area contributed by atoms with Crippen molar-refractivity contribution in [3.8, 4) is 0 Å². The third kappa shape index (κ3) is 7.84. The van der Waals surface area contributed by atoms with Crippen molar-refractivity contribution in [1.29, 1.82) is 0 Å². The number of hydrogen-bond donors (Lipinski definition) is 1. The first kappa shape index (κ1) is 9.84. The van der Waals surface area contributed by atoms with Gasteiger partial charge in [-0.2, -0.15) is 0 Å². The maximum atomic E-state index is 8.28. The van der Waals surface area contributed by atoms with Gasteiger partial charge in [0.1, 0.15) is 6.79 Å². The van der Waals surface area contributed by atoms with Crippen LogP contribution in [0.5, 0.6) is 0 Å². The molecule has 0 heterocycles. The summed E-state index contributed by atoms with van der Waals surface area (Å²) in [7, 11) is 1.56. The Bertz CT molecular complexity index is 49.7. The van der Waals surface area contributed by atoms with Crippen LogP contribution in [0.25, 0.3) is 0 Å². The molecule has 1 N–H and O–H groups in total. The number of rotatable bonds is 7. The molecule has 0 atom stereocenters. The average molecular weight is 150 g/mol. The lowest BCUT2D eigenvalue weighted by molar-refractivity contribution is -0.0529. The summed E-state index contributed by atoms with van der Waals surface area (Å²) in [5, 5.41) is 8.28. The molecule has 0 aliphatic heterocycles. The molecule has 0 rings (SSSR count). The van der Waals surface area contributed by atoms with Gasteiger partial charge in [-0.3, -0.25) is 0 Å². The molecular weight excluding hydrogens is 136 g/mol. The van der Waals surface area contributed by atoms with E-state index in [4.69, 9.17) is 14.6 Å². The molecule has 0 spiro atoms. The Morgan fingerprint density at radius 2 is 1.80 bits per heavy atom. The summed E-state index contributed by atoms with van der Waals surface area (Å²) in [4.78, 5) is 0. The highest BCUT2D eigenvalue weighted by molar-refractivity contribution is 4.27. The second-order valence-corrected chi connectivity index (χ2v) is 1.65. The van der Waals surface area contributed by atoms with E-state index in [1.54, 1.807) is 7.11 Å². The zero-order valence-corrected chi connectivity index (χ0v) is 6.21. The summed E-state index contributed by atoms with van der Waals surface area (Å²) >= 11 is 0. The Morgan fingerprint density at radius 1 is 1.10 bits per heavy atom. The predicted molar refractivity (Wildman–Crippen MR) is 35.7 cm³/mol. The van der Waals surface area contributed by atoms with Gasteiger partial charge in [0.15, 0.2) is 0 Å². The number of methoxy groups -OCH3 is 1. The van der Waals surface area contributed by atoms with Crippen molar-refractivity contribution < 1.29 is 19.3 Å². The van der Waals surface area contributed by atoms with Gasteiger partial charge in [-0.1, -0.05) is 0 Å². The van der Waals surface area contributed by atoms with E-state index in [1.165, 1.54) is 0 Å². The fraction of sp³-hybridized carbons (Fsp3) is 1.00. The molecule has 10 heavy (non-hydrogen) atoms. The smallest absolute Gasteiger partial charge is 0.146 e. The Hall–Kier alpha value is -0.160. The fourth-order valence-electron chi connectivity index (χ4n) is 0.427. The largest absolute Gasteiger partial charge is 0.394 e. The summed E-state index contributed by atoms with van der Waals surface area (Å²) in [6.45, 7) is 1.74. The van der Waals surface area contributed by atoms with E-state index < -0.39 is 0 Å². The Kier molecular flexibility index (Phi) is 8.70. The summed E-state index contributed by atoms with van der Waals surface area (Å²) in [5.74, 6) is 0. The second kappa shape index (κ2) is 8.84. The van der Waals surface area contributed by atoms with Crippen molar-refractivity contribution in [3.63, 3.8) is 0 Å². The molecule has 0 saturated heterocycles. The SMILES string of the molecule is COCOCCOCCO. The fourth-order valence-corrected chi connectivity index (χ4v) is 0.427. The van der Waals surface area contributed by atoms with E-state index in [1.807, 2.05) is 0 Å². The highest BCUT2D eigenvalue weighted by Gasteiger charge is 1.86. The van der Waals surface area contributed by atoms with Gasteiger partial charge in [0, 0.05) is 7.11 Å². The minimum atomic E-state index is 0.0598. The van der Waals surface area contributed by atoms with Gasteiger partial charge in [-0.05, 0) is 0 Å². The van der Waals surface area contributed by atoms with Crippen molar-refractivity contribution in [2.24, 2.45) is 0 Å². The zero-order valence-electron chi connectivity index (χ0n) is 6.21. The van der Waals surface area contributed by atoms with Crippen molar-refractivity contribution in [1.82, 2.24) is 0 Å². The molecule has 4 heteroatoms. The lowest BCUT2D eigenvalue weighted by Gasteiger charge is -2.02. The van der Waals surface area contributed by atoms with E-state index >= 15 is 0 Å². The molecular formula is C6H14O4. The van der Waals surface area contributed by atoms with Crippen LogP contribution in [-0.4, -0.2) is 45.4 Å². The van der Waals surface area contributed by atoms with Gasteiger partial charge >= 0.3 is 0 Å². The molecule has 0 aromatic heterocycles. The van der Waals surface area contributed by atoms with Gasteiger partial charge < -0.3 is 19.3 Å². The maximum Gasteiger partial charge on any atom is 0.146 e. The minimum absolute atomic E-state index is 0.0598. The van der Waals surface area contributed by atoms with Gasteiger partial charge in [0.05, 0.1) is 26.4 Å². The Balaban J connectivity index is 2.65. The van der Waals surface area contributed by atoms with Crippen LogP contribution in [0.4, 0.5) is 0 Å². The van der Waals surface area contributed by atoms with Gasteiger partial charge in [0.25, 0.3) is 0 Å². The van der Waals surface area contributed by atoms with Crippen LogP contribution in [-0.2, 0) is 14.2 Å². The van der Waals surface area contributed by atoms with Gasteiger partial charge in [-0.25, -0.2) is 0 Å². The first-order valence-corrected chi connectivity index (χ1v) is 3.17. The number of ether oxygens (including phenoxy) is 3. The van der Waals surface area contributed by atoms with Crippen LogP contribution < -0.4 is 0 Å². The highest BCUT2D eigenvalue weighted by Crippen LogP contribution is 1.77. The monoisotopic (exact) mass is 150 g/mol. The van der Waals surface area contributed by atoms with E-state index in [0.717, 1.165) is 0 Å². The van der Waals surface area contributed by atoms with Crippen LogP contribution in [0.3, 0.4) is 0 Å². The molecule has 0 amide bonds. The van der Waals surface area contributed by atoms with Gasteiger partial charge in [-0.15, -0.1) is 0 Å². The topological polar surface area (TPSA) is 47.9 Å². The summed E-state index contributed by atoms with van der Waals surface area (Å²) in [5.41, 5.74) is 0. The molecule has 0 aliphatic carbocycles. The van der Waals surface area contributed by atoms with E-state index in [0.29, 0.717) is 26.6 Å². The van der Waals surface area contributed by atoms with Crippen molar-refractivity contribution in [3.05, 3.63) is 0 Å². The predicted octanol–water partition coefficient (Wildman–Crippen LogP) is -0.384. The summed E-state index contributed by atoms with van der Waals surface area (Å²) < 4.78 is 14.4. The number of hydrogen-bond acceptors (Lipinski definition) is 4. The molecule has 0 aromatic carbocycles. The average Bonchev–Trinajstić information content (AvgIpc) is 1.97. The van der Waals surface area contributed by atoms with Crippen LogP contribution in [0.2, 0.25) is 0 Å². The van der Waals surface area contributed by atoms with Crippen molar-refractivity contribution in [2.45, 2.75) is 0 Å². The first-order valence-electron chi connectivity index (χ1n) is 3.17. The van der Waals surface area contributed by atoms with Gasteiger partial charge in [0.2, 0.25) is 0 Å². The van der Waals surface area contributed by atoms with Crippen LogP contribution >= 0.6 is 0 Å². The number of aliphatic hydroxyl groups is 1. The molecule has 0 radical (unpaired) electrons. The standard InChI is InChI=1S/C6H14O4/c1-8-6-10-5-4-9-3-2-7/h7H,2-6H2,1H3. The van der Waals surface area contributed by atoms with Crippen LogP contribution in [0.15, 0.2) is 0 Å². The molecule has 0 unspecified atom stereocenters. The van der Waals surface area contributed by atoms with E-state index in [2.05, 4.69) is 4.74 Å². The second-order valence-electron chi connectivity index (χ2n) is 1.65. The quantitative estimate of drug-likeness (QED) is 0.397. The number of aliphatic hydroxyl groups excluding tert-OH is 1. The molecule has 0 aromatic rings. The molecule has 4 nitrogen and oxygen atoms in total. The van der Waals surface area contributed by atoms with E-state index in [9.17, 15) is 0 Å². The Labute approximate surface area is 60.7 Å². The molecule has 0 aliphatic rings. The molecule has 62 valence electrons. The molecule has 0 bridgehead atoms. The lowest BCUT2D eigenvalue weighted by atomic mass is 10.7. The lowest BCUT2D eigenvalue weighted by Crippen LogP contribution is -2.08. The van der Waals surface area contributed by atoms with Crippen molar-refractivity contribution in [2.75, 3.05) is 40.3 Å². The minimum Gasteiger partial charge on any atom is -0.394 e. The molecule has 0 saturated carbocycles. The Morgan fingerprint density at radius 3 is 2.40 bits per heavy atom. The summed E-state index contributed by atoms with van der Waals surface area (Å²) in [6.07, 6.45) is 0. The van der Waals surface area contributed by atoms with E-state index in [-0.39, 0.29) is 6.61 Å². The maximum absolute atomic E-state index is 8.28. The van der Waals surface area contributed by atoms with Crippen molar-refractivity contribution >= 4 is 0 Å². The zero-order chi connectivity index (χ0) is 7.66. The molecule has 0 fully saturated rings. The third-order valence-electron chi connectivity index (χ3n) is 0.809. The highest BCUT2D eigenvalue weighted by atomic mass is 16.7. The first-order chi connectivity index (χ1) is 4.91. The normalized spacial score (nSPS) is 10.2. The third-order valence-corrected chi connectivity index (χ3v) is 0.809. The van der Waals surface area contributed by atoms with Crippen LogP contribution in [0.1, 0.15) is 0 Å². The van der Waals surface area contributed by atoms with Crippen LogP contribution in [0, 0.1) is 0 Å². The summed E-state index contributed by atoms with van der Waals surface area (Å²) in [6, 6.07) is 0.